The SMILES string of the molecule is Cc1ccc(Cl)cc1CC1CNCCN1C. The molecule has 1 aromatic carbocycles. The first-order chi connectivity index (χ1) is 7.66. The lowest BCUT2D eigenvalue weighted by Gasteiger charge is -2.33. The number of likely N-dealkylation sites (N-methyl/N-ethyl adjacent to an activating group) is 1. The van der Waals surface area contributed by atoms with Crippen molar-refractivity contribution in [1.82, 2.24) is 10.2 Å². The highest BCUT2D eigenvalue weighted by molar-refractivity contribution is 6.30. The molecule has 1 heterocycles. The Balaban J connectivity index is 2.10. The van der Waals surface area contributed by atoms with E-state index in [-0.39, 0.29) is 0 Å². The molecule has 1 aliphatic heterocycles. The monoisotopic (exact) mass is 238 g/mol. The first-order valence-corrected chi connectivity index (χ1v) is 6.20. The number of nitrogens with zero attached hydrogens (tertiary/aromatic N) is 1. The van der Waals surface area contributed by atoms with Gasteiger partial charge in [-0.1, -0.05) is 17.7 Å². The first kappa shape index (κ1) is 11.9. The molecule has 0 spiro atoms. The molecule has 16 heavy (non-hydrogen) atoms. The van der Waals surface area contributed by atoms with E-state index in [1.807, 2.05) is 6.07 Å². The summed E-state index contributed by atoms with van der Waals surface area (Å²) in [4.78, 5) is 2.43. The fraction of sp³-hybridized carbons (Fsp3) is 0.538. The average molecular weight is 239 g/mol. The molecule has 2 nitrogen and oxygen atoms in total. The van der Waals surface area contributed by atoms with Crippen LogP contribution in [0.3, 0.4) is 0 Å². The first-order valence-electron chi connectivity index (χ1n) is 5.83. The third-order valence-corrected chi connectivity index (χ3v) is 3.65. The Kier molecular flexibility index (Phi) is 3.85. The van der Waals surface area contributed by atoms with Gasteiger partial charge in [-0.05, 0) is 43.7 Å². The molecule has 2 rings (SSSR count). The summed E-state index contributed by atoms with van der Waals surface area (Å²) in [5.74, 6) is 0. The molecule has 0 bridgehead atoms. The third kappa shape index (κ3) is 2.76. The van der Waals surface area contributed by atoms with Crippen molar-refractivity contribution in [3.05, 3.63) is 34.3 Å². The maximum absolute atomic E-state index is 6.04. The largest absolute Gasteiger partial charge is 0.314 e. The van der Waals surface area contributed by atoms with Crippen LogP contribution >= 0.6 is 11.6 Å². The minimum Gasteiger partial charge on any atom is -0.314 e. The van der Waals surface area contributed by atoms with Gasteiger partial charge in [0.15, 0.2) is 0 Å². The van der Waals surface area contributed by atoms with Crippen molar-refractivity contribution in [1.29, 1.82) is 0 Å². The zero-order valence-electron chi connectivity index (χ0n) is 9.96. The Morgan fingerprint density at radius 2 is 2.31 bits per heavy atom. The van der Waals surface area contributed by atoms with Gasteiger partial charge in [-0.3, -0.25) is 0 Å². The molecule has 0 saturated carbocycles. The lowest BCUT2D eigenvalue weighted by Crippen LogP contribution is -2.50. The third-order valence-electron chi connectivity index (χ3n) is 3.41. The van der Waals surface area contributed by atoms with Crippen LogP contribution in [0.2, 0.25) is 5.02 Å². The smallest absolute Gasteiger partial charge is 0.0408 e. The summed E-state index contributed by atoms with van der Waals surface area (Å²) in [6.07, 6.45) is 1.08. The maximum Gasteiger partial charge on any atom is 0.0408 e. The van der Waals surface area contributed by atoms with E-state index in [0.717, 1.165) is 31.1 Å². The van der Waals surface area contributed by atoms with Crippen molar-refractivity contribution in [2.75, 3.05) is 26.7 Å². The standard InChI is InChI=1S/C13H19ClN2/c1-10-3-4-12(14)7-11(10)8-13-9-15-5-6-16(13)2/h3-4,7,13,15H,5-6,8-9H2,1-2H3. The van der Waals surface area contributed by atoms with Gasteiger partial charge in [0.05, 0.1) is 0 Å². The van der Waals surface area contributed by atoms with Gasteiger partial charge in [0.2, 0.25) is 0 Å². The fourth-order valence-corrected chi connectivity index (χ4v) is 2.40. The topological polar surface area (TPSA) is 15.3 Å². The zero-order valence-corrected chi connectivity index (χ0v) is 10.7. The summed E-state index contributed by atoms with van der Waals surface area (Å²) in [7, 11) is 2.20. The van der Waals surface area contributed by atoms with Crippen LogP contribution in [0.5, 0.6) is 0 Å². The predicted molar refractivity (Wildman–Crippen MR) is 69.2 cm³/mol. The summed E-state index contributed by atoms with van der Waals surface area (Å²) in [5, 5.41) is 4.28. The number of aryl methyl sites for hydroxylation is 1. The molecular weight excluding hydrogens is 220 g/mol. The van der Waals surface area contributed by atoms with Gasteiger partial charge in [-0.25, -0.2) is 0 Å². The van der Waals surface area contributed by atoms with Gasteiger partial charge in [-0.15, -0.1) is 0 Å². The summed E-state index contributed by atoms with van der Waals surface area (Å²) in [5.41, 5.74) is 2.71. The zero-order chi connectivity index (χ0) is 11.5. The van der Waals surface area contributed by atoms with Crippen molar-refractivity contribution in [2.24, 2.45) is 0 Å². The summed E-state index contributed by atoms with van der Waals surface area (Å²) >= 11 is 6.04. The molecule has 1 N–H and O–H groups in total. The molecule has 1 fully saturated rings. The number of piperazine rings is 1. The molecule has 0 radical (unpaired) electrons. The van der Waals surface area contributed by atoms with E-state index >= 15 is 0 Å². The van der Waals surface area contributed by atoms with Crippen LogP contribution in [-0.4, -0.2) is 37.6 Å². The minimum absolute atomic E-state index is 0.589. The van der Waals surface area contributed by atoms with Gasteiger partial charge in [-0.2, -0.15) is 0 Å². The number of rotatable bonds is 2. The van der Waals surface area contributed by atoms with Crippen LogP contribution in [0, 0.1) is 6.92 Å². The second-order valence-electron chi connectivity index (χ2n) is 4.61. The Hall–Kier alpha value is -0.570. The van der Waals surface area contributed by atoms with E-state index in [1.54, 1.807) is 0 Å². The van der Waals surface area contributed by atoms with Gasteiger partial charge in [0.25, 0.3) is 0 Å². The molecule has 0 aliphatic carbocycles. The Morgan fingerprint density at radius 1 is 1.50 bits per heavy atom. The molecule has 0 amide bonds. The van der Waals surface area contributed by atoms with E-state index in [9.17, 15) is 0 Å². The highest BCUT2D eigenvalue weighted by atomic mass is 35.5. The van der Waals surface area contributed by atoms with E-state index in [1.165, 1.54) is 11.1 Å². The molecule has 1 aromatic rings. The van der Waals surface area contributed by atoms with Gasteiger partial charge in [0.1, 0.15) is 0 Å². The number of benzene rings is 1. The molecule has 1 unspecified atom stereocenters. The highest BCUT2D eigenvalue weighted by Gasteiger charge is 2.19. The molecule has 0 aromatic heterocycles. The van der Waals surface area contributed by atoms with Crippen LogP contribution in [0.1, 0.15) is 11.1 Å². The normalized spacial score (nSPS) is 22.3. The quantitative estimate of drug-likeness (QED) is 0.849. The van der Waals surface area contributed by atoms with E-state index in [4.69, 9.17) is 11.6 Å². The van der Waals surface area contributed by atoms with Crippen molar-refractivity contribution < 1.29 is 0 Å². The second-order valence-corrected chi connectivity index (χ2v) is 5.05. The van der Waals surface area contributed by atoms with Crippen LogP contribution in [-0.2, 0) is 6.42 Å². The molecular formula is C13H19ClN2. The van der Waals surface area contributed by atoms with Crippen LogP contribution in [0.4, 0.5) is 0 Å². The van der Waals surface area contributed by atoms with Gasteiger partial charge in [0, 0.05) is 30.7 Å². The second kappa shape index (κ2) is 5.17. The Labute approximate surface area is 103 Å². The lowest BCUT2D eigenvalue weighted by atomic mass is 9.99. The van der Waals surface area contributed by atoms with Gasteiger partial charge < -0.3 is 10.2 Å². The number of nitrogens with one attached hydrogen (secondary N) is 1. The maximum atomic E-state index is 6.04. The number of hydrogen-bond acceptors (Lipinski definition) is 2. The van der Waals surface area contributed by atoms with Crippen LogP contribution in [0.25, 0.3) is 0 Å². The summed E-state index contributed by atoms with van der Waals surface area (Å²) in [6, 6.07) is 6.75. The Morgan fingerprint density at radius 3 is 3.06 bits per heavy atom. The molecule has 88 valence electrons. The number of hydrogen-bond donors (Lipinski definition) is 1. The summed E-state index contributed by atoms with van der Waals surface area (Å²) < 4.78 is 0. The summed E-state index contributed by atoms with van der Waals surface area (Å²) in [6.45, 7) is 5.45. The predicted octanol–water partition coefficient (Wildman–Crippen LogP) is 2.09. The van der Waals surface area contributed by atoms with E-state index in [0.29, 0.717) is 6.04 Å². The lowest BCUT2D eigenvalue weighted by molar-refractivity contribution is 0.199. The van der Waals surface area contributed by atoms with Crippen LogP contribution < -0.4 is 5.32 Å². The molecule has 1 saturated heterocycles. The molecule has 1 atom stereocenters. The van der Waals surface area contributed by atoms with Crippen molar-refractivity contribution in [3.63, 3.8) is 0 Å². The number of halogens is 1. The fourth-order valence-electron chi connectivity index (χ4n) is 2.20. The Bertz CT molecular complexity index is 365. The van der Waals surface area contributed by atoms with Crippen molar-refractivity contribution in [2.45, 2.75) is 19.4 Å². The van der Waals surface area contributed by atoms with Gasteiger partial charge >= 0.3 is 0 Å². The highest BCUT2D eigenvalue weighted by Crippen LogP contribution is 2.18. The molecule has 3 heteroatoms. The molecule has 1 aliphatic rings. The van der Waals surface area contributed by atoms with Crippen molar-refractivity contribution in [3.8, 4) is 0 Å². The van der Waals surface area contributed by atoms with Crippen molar-refractivity contribution >= 4 is 11.6 Å². The van der Waals surface area contributed by atoms with E-state index < -0.39 is 0 Å². The minimum atomic E-state index is 0.589. The van der Waals surface area contributed by atoms with Crippen LogP contribution in [0.15, 0.2) is 18.2 Å². The van der Waals surface area contributed by atoms with E-state index in [2.05, 4.69) is 36.3 Å². The average Bonchev–Trinajstić information content (AvgIpc) is 2.27.